The molecule has 1 unspecified atom stereocenters. The Hall–Kier alpha value is -2.38. The Kier molecular flexibility index (Phi) is 6.17. The van der Waals surface area contributed by atoms with Crippen molar-refractivity contribution < 1.29 is 22.7 Å². The van der Waals surface area contributed by atoms with E-state index in [9.17, 15) is 13.2 Å². The third kappa shape index (κ3) is 5.30. The molecule has 6 nitrogen and oxygen atoms in total. The van der Waals surface area contributed by atoms with Gasteiger partial charge < -0.3 is 9.47 Å². The third-order valence-electron chi connectivity index (χ3n) is 3.70. The molecule has 0 saturated heterocycles. The van der Waals surface area contributed by atoms with E-state index in [-0.39, 0.29) is 11.8 Å². The number of benzene rings is 2. The molecule has 0 aliphatic heterocycles. The Bertz CT molecular complexity index is 814. The van der Waals surface area contributed by atoms with Crippen LogP contribution in [0.2, 0.25) is 0 Å². The summed E-state index contributed by atoms with van der Waals surface area (Å²) in [6.45, 7) is 1.78. The normalized spacial score (nSPS) is 12.4. The lowest BCUT2D eigenvalue weighted by Crippen LogP contribution is -2.28. The molecular formula is C18H21NO5S. The Morgan fingerprint density at radius 3 is 2.16 bits per heavy atom. The quantitative estimate of drug-likeness (QED) is 0.765. The average Bonchev–Trinajstić information content (AvgIpc) is 2.61. The second-order valence-electron chi connectivity index (χ2n) is 5.56. The van der Waals surface area contributed by atoms with Gasteiger partial charge in [0.2, 0.25) is 10.0 Å². The highest BCUT2D eigenvalue weighted by molar-refractivity contribution is 7.88. The predicted molar refractivity (Wildman–Crippen MR) is 95.0 cm³/mol. The van der Waals surface area contributed by atoms with Gasteiger partial charge in [-0.25, -0.2) is 17.9 Å². The summed E-state index contributed by atoms with van der Waals surface area (Å²) in [5.74, 6) is 0.0831. The summed E-state index contributed by atoms with van der Waals surface area (Å²) in [6.07, 6.45) is 0. The van der Waals surface area contributed by atoms with Gasteiger partial charge in [-0.05, 0) is 42.3 Å². The van der Waals surface area contributed by atoms with Crippen molar-refractivity contribution in [3.05, 3.63) is 65.2 Å². The second-order valence-corrected chi connectivity index (χ2v) is 7.31. The molecule has 0 amide bonds. The number of carbonyl (C=O) groups excluding carboxylic acids is 1. The van der Waals surface area contributed by atoms with Crippen molar-refractivity contribution in [3.63, 3.8) is 0 Å². The zero-order chi connectivity index (χ0) is 18.4. The van der Waals surface area contributed by atoms with E-state index in [0.717, 1.165) is 5.56 Å². The fourth-order valence-corrected chi connectivity index (χ4v) is 3.74. The fourth-order valence-electron chi connectivity index (χ4n) is 2.35. The first kappa shape index (κ1) is 19.0. The fraction of sp³-hybridized carbons (Fsp3) is 0.278. The van der Waals surface area contributed by atoms with E-state index in [1.807, 2.05) is 12.1 Å². The molecule has 0 aromatic heterocycles. The summed E-state index contributed by atoms with van der Waals surface area (Å²) >= 11 is 0. The van der Waals surface area contributed by atoms with Gasteiger partial charge in [-0.15, -0.1) is 0 Å². The molecule has 0 fully saturated rings. The number of methoxy groups -OCH3 is 2. The highest BCUT2D eigenvalue weighted by Gasteiger charge is 2.17. The van der Waals surface area contributed by atoms with Gasteiger partial charge in [0.15, 0.2) is 0 Å². The number of hydrogen-bond donors (Lipinski definition) is 1. The molecule has 2 rings (SSSR count). The van der Waals surface area contributed by atoms with Crippen LogP contribution in [0.25, 0.3) is 0 Å². The molecule has 134 valence electrons. The first-order valence-corrected chi connectivity index (χ1v) is 9.31. The van der Waals surface area contributed by atoms with Gasteiger partial charge in [0, 0.05) is 6.04 Å². The minimum atomic E-state index is -3.53. The number of esters is 1. The van der Waals surface area contributed by atoms with E-state index >= 15 is 0 Å². The van der Waals surface area contributed by atoms with Gasteiger partial charge in [-0.2, -0.15) is 0 Å². The van der Waals surface area contributed by atoms with E-state index in [0.29, 0.717) is 16.9 Å². The van der Waals surface area contributed by atoms with Gasteiger partial charge in [0.25, 0.3) is 0 Å². The highest BCUT2D eigenvalue weighted by atomic mass is 32.2. The van der Waals surface area contributed by atoms with Crippen LogP contribution >= 0.6 is 0 Å². The molecule has 0 aliphatic rings. The lowest BCUT2D eigenvalue weighted by molar-refractivity contribution is 0.0600. The van der Waals surface area contributed by atoms with E-state index < -0.39 is 16.0 Å². The first-order valence-electron chi connectivity index (χ1n) is 7.66. The lowest BCUT2D eigenvalue weighted by Gasteiger charge is -2.15. The summed E-state index contributed by atoms with van der Waals surface area (Å²) in [5, 5.41) is 0. The van der Waals surface area contributed by atoms with Crippen LogP contribution in [0.1, 0.15) is 34.5 Å². The molecule has 0 radical (unpaired) electrons. The SMILES string of the molecule is COC(=O)c1ccc(CS(=O)(=O)NC(C)c2ccc(OC)cc2)cc1. The molecule has 1 N–H and O–H groups in total. The van der Waals surface area contributed by atoms with Crippen molar-refractivity contribution in [2.24, 2.45) is 0 Å². The van der Waals surface area contributed by atoms with Gasteiger partial charge in [0.1, 0.15) is 5.75 Å². The molecule has 25 heavy (non-hydrogen) atoms. The van der Waals surface area contributed by atoms with Crippen LogP contribution in [0.3, 0.4) is 0 Å². The van der Waals surface area contributed by atoms with Crippen LogP contribution in [0.4, 0.5) is 0 Å². The van der Waals surface area contributed by atoms with Crippen LogP contribution in [0.5, 0.6) is 5.75 Å². The van der Waals surface area contributed by atoms with Crippen LogP contribution < -0.4 is 9.46 Å². The Morgan fingerprint density at radius 1 is 1.04 bits per heavy atom. The second kappa shape index (κ2) is 8.13. The van der Waals surface area contributed by atoms with Crippen molar-refractivity contribution in [2.45, 2.75) is 18.7 Å². The maximum Gasteiger partial charge on any atom is 0.337 e. The van der Waals surface area contributed by atoms with Gasteiger partial charge in [-0.3, -0.25) is 0 Å². The summed E-state index contributed by atoms with van der Waals surface area (Å²) in [7, 11) is -0.661. The molecular weight excluding hydrogens is 342 g/mol. The molecule has 0 bridgehead atoms. The van der Waals surface area contributed by atoms with Crippen LogP contribution in [0.15, 0.2) is 48.5 Å². The van der Waals surface area contributed by atoms with Crippen LogP contribution in [-0.4, -0.2) is 28.6 Å². The Balaban J connectivity index is 2.04. The van der Waals surface area contributed by atoms with Gasteiger partial charge >= 0.3 is 5.97 Å². The van der Waals surface area contributed by atoms with E-state index in [1.54, 1.807) is 50.4 Å². The third-order valence-corrected chi connectivity index (χ3v) is 5.13. The molecule has 1 atom stereocenters. The monoisotopic (exact) mass is 363 g/mol. The van der Waals surface area contributed by atoms with E-state index in [2.05, 4.69) is 9.46 Å². The summed E-state index contributed by atoms with van der Waals surface area (Å²) in [4.78, 5) is 11.4. The Labute approximate surface area is 147 Å². The number of ether oxygens (including phenoxy) is 2. The van der Waals surface area contributed by atoms with E-state index in [4.69, 9.17) is 4.74 Å². The minimum Gasteiger partial charge on any atom is -0.497 e. The van der Waals surface area contributed by atoms with Crippen molar-refractivity contribution >= 4 is 16.0 Å². The van der Waals surface area contributed by atoms with Crippen LogP contribution in [0, 0.1) is 0 Å². The smallest absolute Gasteiger partial charge is 0.337 e. The Morgan fingerprint density at radius 2 is 1.64 bits per heavy atom. The van der Waals surface area contributed by atoms with Gasteiger partial charge in [0.05, 0.1) is 25.5 Å². The molecule has 0 heterocycles. The standard InChI is InChI=1S/C18H21NO5S/c1-13(15-8-10-17(23-2)11-9-15)19-25(21,22)12-14-4-6-16(7-5-14)18(20)24-3/h4-11,13,19H,12H2,1-3H3. The average molecular weight is 363 g/mol. The molecule has 0 aliphatic carbocycles. The maximum atomic E-state index is 12.4. The molecule has 0 spiro atoms. The topological polar surface area (TPSA) is 81.7 Å². The first-order chi connectivity index (χ1) is 11.8. The molecule has 0 saturated carbocycles. The summed E-state index contributed by atoms with van der Waals surface area (Å²) in [6, 6.07) is 13.1. The molecule has 7 heteroatoms. The number of carbonyl (C=O) groups is 1. The summed E-state index contributed by atoms with van der Waals surface area (Å²) in [5.41, 5.74) is 1.80. The number of rotatable bonds is 7. The minimum absolute atomic E-state index is 0.172. The number of sulfonamides is 1. The van der Waals surface area contributed by atoms with Crippen molar-refractivity contribution in [2.75, 3.05) is 14.2 Å². The van der Waals surface area contributed by atoms with E-state index in [1.165, 1.54) is 7.11 Å². The predicted octanol–water partition coefficient (Wildman–Crippen LogP) is 2.66. The van der Waals surface area contributed by atoms with Crippen molar-refractivity contribution in [3.8, 4) is 5.75 Å². The highest BCUT2D eigenvalue weighted by Crippen LogP contribution is 2.19. The lowest BCUT2D eigenvalue weighted by atomic mass is 10.1. The largest absolute Gasteiger partial charge is 0.497 e. The zero-order valence-electron chi connectivity index (χ0n) is 14.4. The summed E-state index contributed by atoms with van der Waals surface area (Å²) < 4.78 is 37.1. The maximum absolute atomic E-state index is 12.4. The van der Waals surface area contributed by atoms with Crippen LogP contribution in [-0.2, 0) is 20.5 Å². The zero-order valence-corrected chi connectivity index (χ0v) is 15.2. The van der Waals surface area contributed by atoms with Crippen molar-refractivity contribution in [1.29, 1.82) is 0 Å². The molecule has 2 aromatic carbocycles. The number of hydrogen-bond acceptors (Lipinski definition) is 5. The molecule has 2 aromatic rings. The number of nitrogens with one attached hydrogen (secondary N) is 1. The van der Waals surface area contributed by atoms with Gasteiger partial charge in [-0.1, -0.05) is 24.3 Å². The van der Waals surface area contributed by atoms with Crippen molar-refractivity contribution in [1.82, 2.24) is 4.72 Å².